The standard InChI is InChI=1S/C25H29FN4O2/c1-17-14-28(10-11-30(17)19-4-3-5-20(13-19)32-2)16-25(31)29-9-8-24-22(15-29)21-12-18(26)6-7-23(21)27-24/h3-7,12-13,17,27H,8-11,14-16H2,1-2H3/t17-/m1/s1. The van der Waals surface area contributed by atoms with Crippen LogP contribution in [0.4, 0.5) is 10.1 Å². The highest BCUT2D eigenvalue weighted by Crippen LogP contribution is 2.29. The third-order valence-electron chi connectivity index (χ3n) is 6.75. The van der Waals surface area contributed by atoms with E-state index in [1.807, 2.05) is 17.0 Å². The van der Waals surface area contributed by atoms with Gasteiger partial charge in [-0.25, -0.2) is 4.39 Å². The number of benzene rings is 2. The molecule has 0 spiro atoms. The second-order valence-electron chi connectivity index (χ2n) is 8.82. The van der Waals surface area contributed by atoms with Crippen molar-refractivity contribution >= 4 is 22.5 Å². The number of piperazine rings is 1. The lowest BCUT2D eigenvalue weighted by atomic mass is 10.0. The molecule has 1 N–H and O–H groups in total. The molecule has 1 fully saturated rings. The van der Waals surface area contributed by atoms with Gasteiger partial charge in [0.05, 0.1) is 13.7 Å². The molecule has 7 heteroatoms. The van der Waals surface area contributed by atoms with Gasteiger partial charge in [-0.3, -0.25) is 9.69 Å². The number of halogens is 1. The summed E-state index contributed by atoms with van der Waals surface area (Å²) in [4.78, 5) is 23.0. The summed E-state index contributed by atoms with van der Waals surface area (Å²) in [6.45, 7) is 6.39. The Labute approximate surface area is 187 Å². The Kier molecular flexibility index (Phi) is 5.51. The minimum atomic E-state index is -0.245. The van der Waals surface area contributed by atoms with Crippen LogP contribution in [0.2, 0.25) is 0 Å². The van der Waals surface area contributed by atoms with E-state index in [4.69, 9.17) is 4.74 Å². The first-order chi connectivity index (χ1) is 15.5. The van der Waals surface area contributed by atoms with E-state index in [2.05, 4.69) is 33.8 Å². The van der Waals surface area contributed by atoms with Crippen molar-refractivity contribution in [2.24, 2.45) is 0 Å². The number of carbonyl (C=O) groups excluding carboxylic acids is 1. The van der Waals surface area contributed by atoms with E-state index in [0.717, 1.165) is 59.7 Å². The van der Waals surface area contributed by atoms with E-state index in [0.29, 0.717) is 25.7 Å². The number of amides is 1. The number of hydrogen-bond acceptors (Lipinski definition) is 4. The lowest BCUT2D eigenvalue weighted by Crippen LogP contribution is -2.54. The number of rotatable bonds is 4. The topological polar surface area (TPSA) is 51.8 Å². The largest absolute Gasteiger partial charge is 0.497 e. The molecule has 2 aliphatic rings. The zero-order valence-electron chi connectivity index (χ0n) is 18.6. The molecular weight excluding hydrogens is 407 g/mol. The van der Waals surface area contributed by atoms with Crippen LogP contribution in [-0.2, 0) is 17.8 Å². The van der Waals surface area contributed by atoms with Gasteiger partial charge in [0.25, 0.3) is 0 Å². The van der Waals surface area contributed by atoms with Gasteiger partial charge in [0.15, 0.2) is 0 Å². The van der Waals surface area contributed by atoms with E-state index >= 15 is 0 Å². The number of nitrogens with one attached hydrogen (secondary N) is 1. The van der Waals surface area contributed by atoms with E-state index in [1.165, 1.54) is 6.07 Å². The van der Waals surface area contributed by atoms with Crippen LogP contribution in [0.25, 0.3) is 10.9 Å². The summed E-state index contributed by atoms with van der Waals surface area (Å²) in [5.41, 5.74) is 4.26. The molecular formula is C25H29FN4O2. The Bertz CT molecular complexity index is 1140. The number of aromatic amines is 1. The molecule has 2 aromatic carbocycles. The van der Waals surface area contributed by atoms with Gasteiger partial charge in [-0.05, 0) is 37.3 Å². The van der Waals surface area contributed by atoms with Gasteiger partial charge in [-0.15, -0.1) is 0 Å². The fourth-order valence-corrected chi connectivity index (χ4v) is 5.04. The van der Waals surface area contributed by atoms with Crippen molar-refractivity contribution in [3.8, 4) is 5.75 Å². The zero-order valence-corrected chi connectivity index (χ0v) is 18.6. The second kappa shape index (κ2) is 8.47. The van der Waals surface area contributed by atoms with Crippen molar-refractivity contribution in [2.75, 3.05) is 44.7 Å². The summed E-state index contributed by atoms with van der Waals surface area (Å²) >= 11 is 0. The fraction of sp³-hybridized carbons (Fsp3) is 0.400. The van der Waals surface area contributed by atoms with Crippen LogP contribution >= 0.6 is 0 Å². The summed E-state index contributed by atoms with van der Waals surface area (Å²) in [6.07, 6.45) is 0.775. The first kappa shape index (κ1) is 20.8. The minimum Gasteiger partial charge on any atom is -0.497 e. The lowest BCUT2D eigenvalue weighted by Gasteiger charge is -2.41. The summed E-state index contributed by atoms with van der Waals surface area (Å²) in [7, 11) is 1.68. The van der Waals surface area contributed by atoms with Crippen LogP contribution in [0.5, 0.6) is 5.75 Å². The summed E-state index contributed by atoms with van der Waals surface area (Å²) in [5, 5.41) is 0.887. The maximum atomic E-state index is 13.8. The summed E-state index contributed by atoms with van der Waals surface area (Å²) in [5.74, 6) is 0.753. The maximum Gasteiger partial charge on any atom is 0.237 e. The van der Waals surface area contributed by atoms with Crippen LogP contribution in [0.3, 0.4) is 0 Å². The van der Waals surface area contributed by atoms with Crippen LogP contribution in [0.15, 0.2) is 42.5 Å². The van der Waals surface area contributed by atoms with Crippen molar-refractivity contribution in [1.29, 1.82) is 0 Å². The number of hydrogen-bond donors (Lipinski definition) is 1. The Morgan fingerprint density at radius 3 is 2.88 bits per heavy atom. The first-order valence-corrected chi connectivity index (χ1v) is 11.2. The molecule has 2 aliphatic heterocycles. The minimum absolute atomic E-state index is 0.142. The Morgan fingerprint density at radius 2 is 2.06 bits per heavy atom. The number of methoxy groups -OCH3 is 1. The molecule has 1 atom stereocenters. The van der Waals surface area contributed by atoms with E-state index < -0.39 is 0 Å². The smallest absolute Gasteiger partial charge is 0.237 e. The predicted molar refractivity (Wildman–Crippen MR) is 124 cm³/mol. The fourth-order valence-electron chi connectivity index (χ4n) is 5.04. The van der Waals surface area contributed by atoms with Crippen LogP contribution in [0, 0.1) is 5.82 Å². The number of anilines is 1. The highest BCUT2D eigenvalue weighted by molar-refractivity contribution is 5.86. The van der Waals surface area contributed by atoms with Crippen molar-refractivity contribution in [1.82, 2.24) is 14.8 Å². The predicted octanol–water partition coefficient (Wildman–Crippen LogP) is 3.41. The summed E-state index contributed by atoms with van der Waals surface area (Å²) < 4.78 is 19.1. The molecule has 168 valence electrons. The first-order valence-electron chi connectivity index (χ1n) is 11.2. The van der Waals surface area contributed by atoms with Gasteiger partial charge < -0.3 is 19.5 Å². The number of fused-ring (bicyclic) bond motifs is 3. The number of aromatic nitrogens is 1. The average molecular weight is 437 g/mol. The van der Waals surface area contributed by atoms with E-state index in [1.54, 1.807) is 19.2 Å². The molecule has 1 amide bonds. The zero-order chi connectivity index (χ0) is 22.2. The molecule has 6 nitrogen and oxygen atoms in total. The highest BCUT2D eigenvalue weighted by Gasteiger charge is 2.29. The number of nitrogens with zero attached hydrogens (tertiary/aromatic N) is 3. The third-order valence-corrected chi connectivity index (χ3v) is 6.75. The van der Waals surface area contributed by atoms with E-state index in [-0.39, 0.29) is 11.7 Å². The van der Waals surface area contributed by atoms with Gasteiger partial charge in [0, 0.05) is 79.1 Å². The molecule has 0 saturated carbocycles. The van der Waals surface area contributed by atoms with Crippen molar-refractivity contribution in [3.63, 3.8) is 0 Å². The molecule has 0 bridgehead atoms. The number of ether oxygens (including phenoxy) is 1. The molecule has 1 aromatic heterocycles. The van der Waals surface area contributed by atoms with Crippen molar-refractivity contribution < 1.29 is 13.9 Å². The van der Waals surface area contributed by atoms with Crippen molar-refractivity contribution in [3.05, 3.63) is 59.5 Å². The molecule has 5 rings (SSSR count). The average Bonchev–Trinajstić information content (AvgIpc) is 3.16. The Morgan fingerprint density at radius 1 is 1.19 bits per heavy atom. The molecule has 0 unspecified atom stereocenters. The Balaban J connectivity index is 1.23. The third kappa shape index (κ3) is 3.93. The van der Waals surface area contributed by atoms with Gasteiger partial charge >= 0.3 is 0 Å². The van der Waals surface area contributed by atoms with Crippen LogP contribution < -0.4 is 9.64 Å². The second-order valence-corrected chi connectivity index (χ2v) is 8.82. The molecule has 3 heterocycles. The number of carbonyl (C=O) groups is 1. The van der Waals surface area contributed by atoms with Gasteiger partial charge in [-0.1, -0.05) is 6.07 Å². The lowest BCUT2D eigenvalue weighted by molar-refractivity contribution is -0.133. The monoisotopic (exact) mass is 436 g/mol. The Hall–Kier alpha value is -3.06. The molecule has 0 aliphatic carbocycles. The van der Waals surface area contributed by atoms with Gasteiger partial charge in [0.1, 0.15) is 11.6 Å². The van der Waals surface area contributed by atoms with E-state index in [9.17, 15) is 9.18 Å². The number of H-pyrrole nitrogens is 1. The van der Waals surface area contributed by atoms with Crippen molar-refractivity contribution in [2.45, 2.75) is 25.9 Å². The molecule has 1 saturated heterocycles. The quantitative estimate of drug-likeness (QED) is 0.681. The maximum absolute atomic E-state index is 13.8. The molecule has 32 heavy (non-hydrogen) atoms. The SMILES string of the molecule is COc1cccc(N2CCN(CC(=O)N3CCc4[nH]c5ccc(F)cc5c4C3)C[C@H]2C)c1. The van der Waals surface area contributed by atoms with Crippen LogP contribution in [-0.4, -0.2) is 66.6 Å². The highest BCUT2D eigenvalue weighted by atomic mass is 19.1. The van der Waals surface area contributed by atoms with Crippen LogP contribution in [0.1, 0.15) is 18.2 Å². The van der Waals surface area contributed by atoms with Gasteiger partial charge in [-0.2, -0.15) is 0 Å². The molecule has 3 aromatic rings. The summed E-state index contributed by atoms with van der Waals surface area (Å²) in [6, 6.07) is 13.2. The molecule has 0 radical (unpaired) electrons. The van der Waals surface area contributed by atoms with Gasteiger partial charge in [0.2, 0.25) is 5.91 Å². The normalized spacial score (nSPS) is 19.3.